The first-order valence-corrected chi connectivity index (χ1v) is 10.1. The van der Waals surface area contributed by atoms with Gasteiger partial charge >= 0.3 is 11.9 Å². The molecular weight excluding hydrogens is 462 g/mol. The van der Waals surface area contributed by atoms with E-state index in [2.05, 4.69) is 22.0 Å². The van der Waals surface area contributed by atoms with Gasteiger partial charge in [0.2, 0.25) is 0 Å². The fraction of sp³-hybridized carbons (Fsp3) is 0.174. The molecule has 0 radical (unpaired) electrons. The molecule has 0 saturated heterocycles. The second-order valence-electron chi connectivity index (χ2n) is 6.77. The number of halogens is 1. The molecule has 0 fully saturated rings. The van der Waals surface area contributed by atoms with Crippen LogP contribution in [0, 0.1) is 18.3 Å². The molecule has 0 aliphatic carbocycles. The highest BCUT2D eigenvalue weighted by molar-refractivity contribution is 9.10. The number of nitrogens with zero attached hydrogens (tertiary/aromatic N) is 2. The Morgan fingerprint density at radius 1 is 1.10 bits per heavy atom. The quantitative estimate of drug-likeness (QED) is 0.664. The lowest BCUT2D eigenvalue weighted by molar-refractivity contribution is -0.139. The average molecular weight is 482 g/mol. The van der Waals surface area contributed by atoms with Crippen molar-refractivity contribution in [1.82, 2.24) is 0 Å². The lowest BCUT2D eigenvalue weighted by atomic mass is 9.81. The van der Waals surface area contributed by atoms with Crippen LogP contribution < -0.4 is 10.6 Å². The molecule has 2 aromatic carbocycles. The van der Waals surface area contributed by atoms with Gasteiger partial charge in [0.15, 0.2) is 0 Å². The van der Waals surface area contributed by atoms with Gasteiger partial charge in [-0.3, -0.25) is 4.90 Å². The van der Waals surface area contributed by atoms with Crippen molar-refractivity contribution in [2.75, 3.05) is 19.1 Å². The Labute approximate surface area is 188 Å². The Morgan fingerprint density at radius 3 is 2.29 bits per heavy atom. The fourth-order valence-corrected chi connectivity index (χ4v) is 4.11. The summed E-state index contributed by atoms with van der Waals surface area (Å²) in [7, 11) is 2.43. The van der Waals surface area contributed by atoms with Gasteiger partial charge in [0.1, 0.15) is 11.5 Å². The topological polar surface area (TPSA) is 106 Å². The van der Waals surface area contributed by atoms with Crippen LogP contribution in [-0.4, -0.2) is 26.2 Å². The smallest absolute Gasteiger partial charge is 0.355 e. The van der Waals surface area contributed by atoms with Gasteiger partial charge in [-0.2, -0.15) is 5.26 Å². The summed E-state index contributed by atoms with van der Waals surface area (Å²) in [6.07, 6.45) is 0. The Hall–Kier alpha value is -3.57. The molecular formula is C23H20BrN3O4. The molecule has 158 valence electrons. The average Bonchev–Trinajstić information content (AvgIpc) is 2.78. The second kappa shape index (κ2) is 9.06. The Balaban J connectivity index is 2.43. The molecule has 0 saturated carbocycles. The van der Waals surface area contributed by atoms with Crippen LogP contribution in [-0.2, 0) is 19.1 Å². The second-order valence-corrected chi connectivity index (χ2v) is 7.68. The third kappa shape index (κ3) is 3.92. The number of methoxy groups -OCH3 is 2. The van der Waals surface area contributed by atoms with Gasteiger partial charge in [-0.05, 0) is 36.2 Å². The van der Waals surface area contributed by atoms with E-state index in [-0.39, 0.29) is 22.7 Å². The predicted octanol–water partition coefficient (Wildman–Crippen LogP) is 3.66. The molecule has 0 bridgehead atoms. The molecule has 2 N–H and O–H groups in total. The van der Waals surface area contributed by atoms with Gasteiger partial charge in [-0.25, -0.2) is 9.59 Å². The lowest BCUT2D eigenvalue weighted by Crippen LogP contribution is -2.41. The molecule has 0 aromatic heterocycles. The van der Waals surface area contributed by atoms with E-state index in [9.17, 15) is 14.9 Å². The zero-order valence-electron chi connectivity index (χ0n) is 17.2. The maximum absolute atomic E-state index is 13.0. The number of hydrogen-bond donors (Lipinski definition) is 1. The van der Waals surface area contributed by atoms with Gasteiger partial charge in [-0.1, -0.05) is 46.3 Å². The normalized spacial score (nSPS) is 16.1. The molecule has 8 heteroatoms. The molecule has 0 spiro atoms. The summed E-state index contributed by atoms with van der Waals surface area (Å²) in [5.74, 6) is -2.38. The Bertz CT molecular complexity index is 1150. The van der Waals surface area contributed by atoms with Crippen LogP contribution >= 0.6 is 15.9 Å². The number of nitriles is 1. The molecule has 2 aromatic rings. The number of nitrogens with two attached hydrogens (primary N) is 1. The molecule has 1 heterocycles. The van der Waals surface area contributed by atoms with E-state index in [1.54, 1.807) is 36.4 Å². The van der Waals surface area contributed by atoms with Crippen molar-refractivity contribution >= 4 is 33.6 Å². The van der Waals surface area contributed by atoms with Crippen molar-refractivity contribution in [2.24, 2.45) is 5.73 Å². The van der Waals surface area contributed by atoms with Crippen molar-refractivity contribution in [2.45, 2.75) is 12.8 Å². The first-order valence-electron chi connectivity index (χ1n) is 9.27. The number of aryl methyl sites for hydroxylation is 1. The van der Waals surface area contributed by atoms with Crippen LogP contribution in [0.3, 0.4) is 0 Å². The summed E-state index contributed by atoms with van der Waals surface area (Å²) < 4.78 is 10.9. The van der Waals surface area contributed by atoms with E-state index in [0.717, 1.165) is 10.0 Å². The van der Waals surface area contributed by atoms with Gasteiger partial charge in [-0.15, -0.1) is 0 Å². The van der Waals surface area contributed by atoms with Crippen LogP contribution in [0.15, 0.2) is 75.7 Å². The van der Waals surface area contributed by atoms with E-state index in [4.69, 9.17) is 15.2 Å². The number of anilines is 1. The number of rotatable bonds is 4. The molecule has 0 amide bonds. The Kier molecular flexibility index (Phi) is 6.47. The summed E-state index contributed by atoms with van der Waals surface area (Å²) in [6.45, 7) is 1.83. The lowest BCUT2D eigenvalue weighted by Gasteiger charge is -2.36. The van der Waals surface area contributed by atoms with Gasteiger partial charge < -0.3 is 15.2 Å². The third-order valence-corrected chi connectivity index (χ3v) is 5.50. The number of benzene rings is 2. The standard InChI is InChI=1S/C23H20BrN3O4/c1-13-11-15(24)9-10-17(13)27-20(23(29)31-3)19(22(28)30-2)18(16(12-25)21(27)26)14-7-5-4-6-8-14/h4-11,18H,26H2,1-3H3. The van der Waals surface area contributed by atoms with Crippen LogP contribution in [0.2, 0.25) is 0 Å². The van der Waals surface area contributed by atoms with Crippen LogP contribution in [0.25, 0.3) is 0 Å². The number of carbonyl (C=O) groups excluding carboxylic acids is 2. The molecule has 1 aliphatic rings. The number of ether oxygens (including phenoxy) is 2. The number of allylic oxidation sites excluding steroid dienone is 1. The molecule has 1 unspecified atom stereocenters. The van der Waals surface area contributed by atoms with Crippen molar-refractivity contribution in [1.29, 1.82) is 5.26 Å². The minimum atomic E-state index is -0.889. The van der Waals surface area contributed by atoms with Crippen molar-refractivity contribution in [3.63, 3.8) is 0 Å². The number of hydrogen-bond acceptors (Lipinski definition) is 7. The third-order valence-electron chi connectivity index (χ3n) is 5.01. The van der Waals surface area contributed by atoms with E-state index in [1.165, 1.54) is 19.1 Å². The fourth-order valence-electron chi connectivity index (χ4n) is 3.63. The summed E-state index contributed by atoms with van der Waals surface area (Å²) in [4.78, 5) is 27.3. The van der Waals surface area contributed by atoms with Gasteiger partial charge in [0.25, 0.3) is 0 Å². The molecule has 31 heavy (non-hydrogen) atoms. The van der Waals surface area contributed by atoms with Crippen molar-refractivity contribution in [3.8, 4) is 6.07 Å². The minimum absolute atomic E-state index is 0.0198. The first kappa shape index (κ1) is 22.1. The van der Waals surface area contributed by atoms with E-state index in [0.29, 0.717) is 11.3 Å². The maximum Gasteiger partial charge on any atom is 0.355 e. The van der Waals surface area contributed by atoms with E-state index >= 15 is 0 Å². The highest BCUT2D eigenvalue weighted by Crippen LogP contribution is 2.43. The van der Waals surface area contributed by atoms with Gasteiger partial charge in [0.05, 0.1) is 43.0 Å². The predicted molar refractivity (Wildman–Crippen MR) is 118 cm³/mol. The summed E-state index contributed by atoms with van der Waals surface area (Å²) >= 11 is 3.41. The molecule has 1 aliphatic heterocycles. The first-order chi connectivity index (χ1) is 14.8. The van der Waals surface area contributed by atoms with Crippen LogP contribution in [0.4, 0.5) is 5.69 Å². The molecule has 7 nitrogen and oxygen atoms in total. The highest BCUT2D eigenvalue weighted by Gasteiger charge is 2.43. The SMILES string of the molecule is COC(=O)C1=C(C(=O)OC)N(c2ccc(Br)cc2C)C(N)=C(C#N)C1c1ccccc1. The zero-order valence-corrected chi connectivity index (χ0v) is 18.8. The highest BCUT2D eigenvalue weighted by atomic mass is 79.9. The Morgan fingerprint density at radius 2 is 1.74 bits per heavy atom. The van der Waals surface area contributed by atoms with E-state index < -0.39 is 17.9 Å². The van der Waals surface area contributed by atoms with Crippen molar-refractivity contribution < 1.29 is 19.1 Å². The van der Waals surface area contributed by atoms with E-state index in [1.807, 2.05) is 19.1 Å². The largest absolute Gasteiger partial charge is 0.466 e. The maximum atomic E-state index is 13.0. The monoisotopic (exact) mass is 481 g/mol. The minimum Gasteiger partial charge on any atom is -0.466 e. The van der Waals surface area contributed by atoms with Gasteiger partial charge in [0, 0.05) is 4.47 Å². The summed E-state index contributed by atoms with van der Waals surface area (Å²) in [5.41, 5.74) is 8.39. The number of carbonyl (C=O) groups is 2. The van der Waals surface area contributed by atoms with Crippen LogP contribution in [0.5, 0.6) is 0 Å². The summed E-state index contributed by atoms with van der Waals surface area (Å²) in [6, 6.07) is 16.4. The molecule has 1 atom stereocenters. The number of esters is 2. The molecule has 3 rings (SSSR count). The van der Waals surface area contributed by atoms with Crippen molar-refractivity contribution in [3.05, 3.63) is 86.8 Å². The summed E-state index contributed by atoms with van der Waals surface area (Å²) in [5, 5.41) is 10.0. The van der Waals surface area contributed by atoms with Crippen LogP contribution in [0.1, 0.15) is 17.0 Å². The zero-order chi connectivity index (χ0) is 22.7.